The lowest BCUT2D eigenvalue weighted by molar-refractivity contribution is 0.414. The Morgan fingerprint density at radius 3 is 2.43 bits per heavy atom. The highest BCUT2D eigenvalue weighted by molar-refractivity contribution is 7.89. The lowest BCUT2D eigenvalue weighted by Gasteiger charge is -2.10. The first kappa shape index (κ1) is 15.6. The fourth-order valence-corrected chi connectivity index (χ4v) is 2.48. The van der Waals surface area contributed by atoms with Crippen LogP contribution in [-0.2, 0) is 16.6 Å². The summed E-state index contributed by atoms with van der Waals surface area (Å²) >= 11 is 6.04. The maximum atomic E-state index is 11.3. The van der Waals surface area contributed by atoms with Gasteiger partial charge in [0.25, 0.3) is 0 Å². The average Bonchev–Trinajstić information content (AvgIpc) is 2.45. The summed E-state index contributed by atoms with van der Waals surface area (Å²) in [5.74, 6) is 0.771. The maximum absolute atomic E-state index is 11.3. The number of methoxy groups -OCH3 is 1. The molecule has 3 N–H and O–H groups in total. The molecule has 0 aliphatic heterocycles. The Bertz CT molecular complexity index is 730. The monoisotopic (exact) mass is 326 g/mol. The van der Waals surface area contributed by atoms with Crippen LogP contribution in [0, 0.1) is 0 Å². The Morgan fingerprint density at radius 2 is 1.86 bits per heavy atom. The summed E-state index contributed by atoms with van der Waals surface area (Å²) < 4.78 is 27.8. The van der Waals surface area contributed by atoms with Gasteiger partial charge in [-0.25, -0.2) is 13.6 Å². The summed E-state index contributed by atoms with van der Waals surface area (Å²) in [4.78, 5) is 0.0177. The zero-order valence-electron chi connectivity index (χ0n) is 11.3. The molecule has 2 rings (SSSR count). The molecule has 0 fully saturated rings. The number of rotatable bonds is 5. The number of primary sulfonamides is 1. The molecule has 7 heteroatoms. The third kappa shape index (κ3) is 4.10. The molecular weight excluding hydrogens is 312 g/mol. The van der Waals surface area contributed by atoms with Crippen LogP contribution in [0.5, 0.6) is 5.75 Å². The molecule has 0 saturated carbocycles. The van der Waals surface area contributed by atoms with Crippen LogP contribution in [0.2, 0.25) is 5.02 Å². The van der Waals surface area contributed by atoms with Crippen molar-refractivity contribution in [3.63, 3.8) is 0 Å². The molecule has 0 bridgehead atoms. The molecule has 5 nitrogen and oxygen atoms in total. The molecule has 2 aromatic carbocycles. The standard InChI is InChI=1S/C14H15ClN2O3S/c1-20-11-4-2-10(3-5-11)9-17-14-8-12(21(16,18)19)6-7-13(14)15/h2-8,17H,9H2,1H3,(H2,16,18,19). The van der Waals surface area contributed by atoms with Gasteiger partial charge in [-0.15, -0.1) is 0 Å². The normalized spacial score (nSPS) is 11.2. The van der Waals surface area contributed by atoms with E-state index in [0.717, 1.165) is 11.3 Å². The van der Waals surface area contributed by atoms with E-state index in [1.54, 1.807) is 7.11 Å². The van der Waals surface area contributed by atoms with Crippen molar-refractivity contribution in [3.8, 4) is 5.75 Å². The lowest BCUT2D eigenvalue weighted by atomic mass is 10.2. The number of nitrogens with one attached hydrogen (secondary N) is 1. The minimum Gasteiger partial charge on any atom is -0.497 e. The predicted molar refractivity (Wildman–Crippen MR) is 83.1 cm³/mol. The quantitative estimate of drug-likeness (QED) is 0.885. The number of hydrogen-bond donors (Lipinski definition) is 2. The van der Waals surface area contributed by atoms with Crippen molar-refractivity contribution in [1.82, 2.24) is 0 Å². The molecule has 0 atom stereocenters. The highest BCUT2D eigenvalue weighted by Crippen LogP contribution is 2.25. The third-order valence-corrected chi connectivity index (χ3v) is 4.15. The van der Waals surface area contributed by atoms with E-state index in [-0.39, 0.29) is 4.90 Å². The number of nitrogens with two attached hydrogens (primary N) is 1. The molecule has 0 radical (unpaired) electrons. The molecule has 0 aromatic heterocycles. The van der Waals surface area contributed by atoms with Crippen molar-refractivity contribution in [1.29, 1.82) is 0 Å². The third-order valence-electron chi connectivity index (χ3n) is 2.91. The van der Waals surface area contributed by atoms with Crippen molar-refractivity contribution in [2.24, 2.45) is 5.14 Å². The van der Waals surface area contributed by atoms with Gasteiger partial charge < -0.3 is 10.1 Å². The molecule has 0 spiro atoms. The van der Waals surface area contributed by atoms with Crippen molar-refractivity contribution in [2.45, 2.75) is 11.4 Å². The molecule has 112 valence electrons. The van der Waals surface area contributed by atoms with Crippen LogP contribution < -0.4 is 15.2 Å². The maximum Gasteiger partial charge on any atom is 0.238 e. The van der Waals surface area contributed by atoms with Crippen LogP contribution in [0.25, 0.3) is 0 Å². The van der Waals surface area contributed by atoms with Crippen molar-refractivity contribution < 1.29 is 13.2 Å². The second-order valence-electron chi connectivity index (χ2n) is 4.39. The number of ether oxygens (including phenoxy) is 1. The van der Waals surface area contributed by atoms with Crippen LogP contribution >= 0.6 is 11.6 Å². The second kappa shape index (κ2) is 6.34. The molecule has 0 unspecified atom stereocenters. The zero-order valence-corrected chi connectivity index (χ0v) is 12.9. The van der Waals surface area contributed by atoms with E-state index in [2.05, 4.69) is 5.32 Å². The Labute approximate surface area is 128 Å². The SMILES string of the molecule is COc1ccc(CNc2cc(S(N)(=O)=O)ccc2Cl)cc1. The molecule has 0 saturated heterocycles. The number of anilines is 1. The van der Waals surface area contributed by atoms with Gasteiger partial charge in [-0.2, -0.15) is 0 Å². The average molecular weight is 327 g/mol. The lowest BCUT2D eigenvalue weighted by Crippen LogP contribution is -2.12. The van der Waals surface area contributed by atoms with Gasteiger partial charge in [0.2, 0.25) is 10.0 Å². The van der Waals surface area contributed by atoms with Crippen LogP contribution in [0.1, 0.15) is 5.56 Å². The smallest absolute Gasteiger partial charge is 0.238 e. The number of benzene rings is 2. The van der Waals surface area contributed by atoms with Gasteiger partial charge in [-0.1, -0.05) is 23.7 Å². The number of hydrogen-bond acceptors (Lipinski definition) is 4. The summed E-state index contributed by atoms with van der Waals surface area (Å²) in [6, 6.07) is 11.8. The fraction of sp³-hybridized carbons (Fsp3) is 0.143. The summed E-state index contributed by atoms with van der Waals surface area (Å²) in [7, 11) is -2.15. The van der Waals surface area contributed by atoms with Crippen LogP contribution in [-0.4, -0.2) is 15.5 Å². The minimum atomic E-state index is -3.75. The summed E-state index contributed by atoms with van der Waals surface area (Å²) in [6.45, 7) is 0.498. The Kier molecular flexibility index (Phi) is 4.72. The molecular formula is C14H15ClN2O3S. The minimum absolute atomic E-state index is 0.0177. The highest BCUT2D eigenvalue weighted by atomic mass is 35.5. The van der Waals surface area contributed by atoms with Crippen LogP contribution in [0.4, 0.5) is 5.69 Å². The molecule has 21 heavy (non-hydrogen) atoms. The van der Waals surface area contributed by atoms with Gasteiger partial charge in [0, 0.05) is 6.54 Å². The first-order chi connectivity index (χ1) is 9.90. The topological polar surface area (TPSA) is 81.4 Å². The molecule has 0 amide bonds. The Hall–Kier alpha value is -1.76. The van der Waals surface area contributed by atoms with Crippen LogP contribution in [0.15, 0.2) is 47.4 Å². The predicted octanol–water partition coefficient (Wildman–Crippen LogP) is 2.61. The first-order valence-electron chi connectivity index (χ1n) is 6.09. The van der Waals surface area contributed by atoms with E-state index in [9.17, 15) is 8.42 Å². The van der Waals surface area contributed by atoms with Gasteiger partial charge in [0.15, 0.2) is 0 Å². The van der Waals surface area contributed by atoms with E-state index >= 15 is 0 Å². The summed E-state index contributed by atoms with van der Waals surface area (Å²) in [5.41, 5.74) is 1.52. The molecule has 0 heterocycles. The van der Waals surface area contributed by atoms with Crippen molar-refractivity contribution >= 4 is 27.3 Å². The summed E-state index contributed by atoms with van der Waals surface area (Å²) in [5, 5.41) is 8.62. The Balaban J connectivity index is 2.15. The Morgan fingerprint density at radius 1 is 1.19 bits per heavy atom. The van der Waals surface area contributed by atoms with E-state index in [4.69, 9.17) is 21.5 Å². The van der Waals surface area contributed by atoms with E-state index in [1.165, 1.54) is 18.2 Å². The van der Waals surface area contributed by atoms with Gasteiger partial charge in [-0.05, 0) is 35.9 Å². The van der Waals surface area contributed by atoms with E-state index < -0.39 is 10.0 Å². The number of halogens is 1. The molecule has 0 aliphatic rings. The highest BCUT2D eigenvalue weighted by Gasteiger charge is 2.10. The van der Waals surface area contributed by atoms with Crippen molar-refractivity contribution in [3.05, 3.63) is 53.1 Å². The molecule has 2 aromatic rings. The van der Waals surface area contributed by atoms with Gasteiger partial charge >= 0.3 is 0 Å². The van der Waals surface area contributed by atoms with Gasteiger partial charge in [-0.3, -0.25) is 0 Å². The molecule has 0 aliphatic carbocycles. The van der Waals surface area contributed by atoms with Gasteiger partial charge in [0.1, 0.15) is 5.75 Å². The number of sulfonamides is 1. The van der Waals surface area contributed by atoms with Gasteiger partial charge in [0.05, 0.1) is 22.7 Å². The largest absolute Gasteiger partial charge is 0.497 e. The summed E-state index contributed by atoms with van der Waals surface area (Å²) in [6.07, 6.45) is 0. The zero-order chi connectivity index (χ0) is 15.5. The fourth-order valence-electron chi connectivity index (χ4n) is 1.76. The first-order valence-corrected chi connectivity index (χ1v) is 8.02. The van der Waals surface area contributed by atoms with E-state index in [0.29, 0.717) is 17.3 Å². The van der Waals surface area contributed by atoms with Crippen LogP contribution in [0.3, 0.4) is 0 Å². The van der Waals surface area contributed by atoms with Crippen molar-refractivity contribution in [2.75, 3.05) is 12.4 Å². The van der Waals surface area contributed by atoms with E-state index in [1.807, 2.05) is 24.3 Å². The second-order valence-corrected chi connectivity index (χ2v) is 6.36.